The fourth-order valence-electron chi connectivity index (χ4n) is 4.81. The second kappa shape index (κ2) is 9.05. The Morgan fingerprint density at radius 3 is 2.29 bits per heavy atom. The summed E-state index contributed by atoms with van der Waals surface area (Å²) in [4.78, 5) is 9.55. The molecule has 0 spiro atoms. The lowest BCUT2D eigenvalue weighted by Gasteiger charge is -2.43. The number of aromatic nitrogens is 2. The van der Waals surface area contributed by atoms with Crippen LogP contribution in [0.15, 0.2) is 82.3 Å². The maximum Gasteiger partial charge on any atom is 0.269 e. The van der Waals surface area contributed by atoms with Crippen LogP contribution in [-0.4, -0.2) is 67.7 Å². The van der Waals surface area contributed by atoms with Crippen LogP contribution in [-0.2, 0) is 14.8 Å². The van der Waals surface area contributed by atoms with Gasteiger partial charge in [-0.1, -0.05) is 30.3 Å². The molecule has 0 saturated carbocycles. The second-order valence-electron chi connectivity index (χ2n) is 8.90. The van der Waals surface area contributed by atoms with E-state index in [0.717, 1.165) is 60.5 Å². The zero-order chi connectivity index (χ0) is 24.0. The van der Waals surface area contributed by atoms with Gasteiger partial charge >= 0.3 is 0 Å². The Balaban J connectivity index is 1.36. The molecular weight excluding hydrogens is 528 g/mol. The summed E-state index contributed by atoms with van der Waals surface area (Å²) in [7, 11) is -3.85. The first-order valence-electron chi connectivity index (χ1n) is 11.7. The minimum atomic E-state index is -3.85. The van der Waals surface area contributed by atoms with Crippen LogP contribution in [0.3, 0.4) is 0 Å². The largest absolute Gasteiger partial charge is 0.378 e. The number of hydrogen-bond donors (Lipinski definition) is 0. The van der Waals surface area contributed by atoms with Crippen LogP contribution in [0.1, 0.15) is 0 Å². The highest BCUT2D eigenvalue weighted by Gasteiger charge is 2.29. The van der Waals surface area contributed by atoms with Crippen LogP contribution >= 0.6 is 15.9 Å². The molecule has 0 bridgehead atoms. The van der Waals surface area contributed by atoms with E-state index in [1.165, 1.54) is 3.97 Å². The van der Waals surface area contributed by atoms with Gasteiger partial charge in [0.2, 0.25) is 0 Å². The summed E-state index contributed by atoms with van der Waals surface area (Å²) in [5.41, 5.74) is 2.96. The molecule has 0 amide bonds. The summed E-state index contributed by atoms with van der Waals surface area (Å²) < 4.78 is 35.0. The summed E-state index contributed by atoms with van der Waals surface area (Å²) >= 11 is 3.56. The molecule has 7 nitrogen and oxygen atoms in total. The standard InChI is InChI=1S/C26H25BrN4O3S/c27-24-10-11-28-26-23(24)16-25(31(26)35(32,33)22-4-2-1-3-5-22)19-6-8-20(9-7-19)29-12-14-30(15-13-29)21-17-34-18-21/h1-11,16,21H,12-15,17-18H2. The van der Waals surface area contributed by atoms with E-state index in [4.69, 9.17) is 4.74 Å². The Bertz CT molecular complexity index is 1460. The first-order valence-corrected chi connectivity index (χ1v) is 13.9. The topological polar surface area (TPSA) is 67.7 Å². The predicted molar refractivity (Wildman–Crippen MR) is 140 cm³/mol. The normalized spacial score (nSPS) is 17.6. The lowest BCUT2D eigenvalue weighted by Crippen LogP contribution is -2.56. The molecule has 4 heterocycles. The predicted octanol–water partition coefficient (Wildman–Crippen LogP) is 4.22. The van der Waals surface area contributed by atoms with Crippen molar-refractivity contribution in [3.63, 3.8) is 0 Å². The highest BCUT2D eigenvalue weighted by Crippen LogP contribution is 2.35. The van der Waals surface area contributed by atoms with Crippen LogP contribution in [0.5, 0.6) is 0 Å². The Hall–Kier alpha value is -2.72. The fraction of sp³-hybridized carbons (Fsp3) is 0.269. The molecule has 180 valence electrons. The molecule has 0 N–H and O–H groups in total. The maximum atomic E-state index is 13.7. The molecule has 0 unspecified atom stereocenters. The van der Waals surface area contributed by atoms with Crippen molar-refractivity contribution in [1.82, 2.24) is 13.9 Å². The minimum Gasteiger partial charge on any atom is -0.378 e. The number of nitrogens with zero attached hydrogens (tertiary/aromatic N) is 4. The third-order valence-electron chi connectivity index (χ3n) is 6.87. The van der Waals surface area contributed by atoms with Crippen LogP contribution in [0, 0.1) is 0 Å². The second-order valence-corrected chi connectivity index (χ2v) is 11.5. The summed E-state index contributed by atoms with van der Waals surface area (Å²) in [5, 5.41) is 0.752. The number of pyridine rings is 1. The lowest BCUT2D eigenvalue weighted by molar-refractivity contribution is -0.0660. The van der Waals surface area contributed by atoms with Gasteiger partial charge in [-0.2, -0.15) is 0 Å². The van der Waals surface area contributed by atoms with E-state index in [0.29, 0.717) is 17.4 Å². The molecule has 0 radical (unpaired) electrons. The highest BCUT2D eigenvalue weighted by atomic mass is 79.9. The first-order chi connectivity index (χ1) is 17.0. The van der Waals surface area contributed by atoms with Crippen LogP contribution in [0.4, 0.5) is 5.69 Å². The number of benzene rings is 2. The zero-order valence-corrected chi connectivity index (χ0v) is 21.5. The van der Waals surface area contributed by atoms with Crippen molar-refractivity contribution in [1.29, 1.82) is 0 Å². The van der Waals surface area contributed by atoms with Crippen molar-refractivity contribution in [3.8, 4) is 11.3 Å². The monoisotopic (exact) mass is 552 g/mol. The van der Waals surface area contributed by atoms with Crippen molar-refractivity contribution in [2.75, 3.05) is 44.3 Å². The number of rotatable bonds is 5. The van der Waals surface area contributed by atoms with Gasteiger partial charge in [-0.05, 0) is 57.9 Å². The van der Waals surface area contributed by atoms with Crippen molar-refractivity contribution < 1.29 is 13.2 Å². The molecule has 35 heavy (non-hydrogen) atoms. The van der Waals surface area contributed by atoms with E-state index in [2.05, 4.69) is 42.8 Å². The molecule has 2 aromatic heterocycles. The third-order valence-corrected chi connectivity index (χ3v) is 9.28. The SMILES string of the molecule is O=S(=O)(c1ccccc1)n1c(-c2ccc(N3CCN(C4COC4)CC3)cc2)cc2c(Br)ccnc21. The molecule has 2 aromatic carbocycles. The fourth-order valence-corrected chi connectivity index (χ4v) is 6.72. The van der Waals surface area contributed by atoms with E-state index in [-0.39, 0.29) is 4.90 Å². The molecule has 2 aliphatic heterocycles. The number of halogens is 1. The Kier molecular flexibility index (Phi) is 5.88. The average Bonchev–Trinajstić information content (AvgIpc) is 3.26. The quantitative estimate of drug-likeness (QED) is 0.369. The van der Waals surface area contributed by atoms with Gasteiger partial charge in [0.05, 0.1) is 29.8 Å². The molecule has 4 aromatic rings. The Labute approximate surface area is 213 Å². The van der Waals surface area contributed by atoms with Crippen LogP contribution in [0.2, 0.25) is 0 Å². The van der Waals surface area contributed by atoms with Gasteiger partial charge < -0.3 is 9.64 Å². The lowest BCUT2D eigenvalue weighted by atomic mass is 10.1. The molecule has 6 rings (SSSR count). The highest BCUT2D eigenvalue weighted by molar-refractivity contribution is 9.10. The van der Waals surface area contributed by atoms with Gasteiger partial charge in [0, 0.05) is 47.9 Å². The zero-order valence-electron chi connectivity index (χ0n) is 19.0. The van der Waals surface area contributed by atoms with Gasteiger partial charge in [-0.3, -0.25) is 4.90 Å². The number of hydrogen-bond acceptors (Lipinski definition) is 6. The van der Waals surface area contributed by atoms with Crippen LogP contribution < -0.4 is 4.90 Å². The van der Waals surface area contributed by atoms with Crippen LogP contribution in [0.25, 0.3) is 22.3 Å². The minimum absolute atomic E-state index is 0.229. The summed E-state index contributed by atoms with van der Waals surface area (Å²) in [6, 6.07) is 20.9. The van der Waals surface area contributed by atoms with E-state index < -0.39 is 10.0 Å². The van der Waals surface area contributed by atoms with Crippen molar-refractivity contribution in [2.45, 2.75) is 10.9 Å². The molecule has 2 fully saturated rings. The van der Waals surface area contributed by atoms with Crippen molar-refractivity contribution in [3.05, 3.63) is 77.4 Å². The Morgan fingerprint density at radius 1 is 0.914 bits per heavy atom. The van der Waals surface area contributed by atoms with Gasteiger partial charge in [-0.25, -0.2) is 17.4 Å². The molecule has 2 saturated heterocycles. The van der Waals surface area contributed by atoms with Gasteiger partial charge in [0.1, 0.15) is 0 Å². The van der Waals surface area contributed by atoms with Gasteiger partial charge in [0.15, 0.2) is 5.65 Å². The first kappa shape index (κ1) is 22.7. The maximum absolute atomic E-state index is 13.7. The van der Waals surface area contributed by atoms with E-state index in [9.17, 15) is 8.42 Å². The van der Waals surface area contributed by atoms with E-state index in [1.807, 2.05) is 24.3 Å². The molecule has 9 heteroatoms. The summed E-state index contributed by atoms with van der Waals surface area (Å²) in [6.45, 7) is 5.68. The van der Waals surface area contributed by atoms with Crippen molar-refractivity contribution in [2.24, 2.45) is 0 Å². The van der Waals surface area contributed by atoms with Gasteiger partial charge in [-0.15, -0.1) is 0 Å². The summed E-state index contributed by atoms with van der Waals surface area (Å²) in [5.74, 6) is 0. The molecule has 0 atom stereocenters. The molecule has 2 aliphatic rings. The smallest absolute Gasteiger partial charge is 0.269 e. The van der Waals surface area contributed by atoms with E-state index in [1.54, 1.807) is 36.5 Å². The van der Waals surface area contributed by atoms with Gasteiger partial charge in [0.25, 0.3) is 10.0 Å². The third kappa shape index (κ3) is 4.06. The summed E-state index contributed by atoms with van der Waals surface area (Å²) in [6.07, 6.45) is 1.62. The number of ether oxygens (including phenoxy) is 1. The molecule has 0 aliphatic carbocycles. The molecular formula is C26H25BrN4O3S. The number of fused-ring (bicyclic) bond motifs is 1. The van der Waals surface area contributed by atoms with E-state index >= 15 is 0 Å². The number of piperazine rings is 1. The Morgan fingerprint density at radius 2 is 1.63 bits per heavy atom. The van der Waals surface area contributed by atoms with Crippen molar-refractivity contribution >= 4 is 42.7 Å². The number of anilines is 1. The average molecular weight is 553 g/mol.